The minimum absolute atomic E-state index is 0.0975. The average Bonchev–Trinajstić information content (AvgIpc) is 2.20. The second-order valence-electron chi connectivity index (χ2n) is 3.96. The summed E-state index contributed by atoms with van der Waals surface area (Å²) in [6, 6.07) is 0. The lowest BCUT2D eigenvalue weighted by atomic mass is 9.79. The van der Waals surface area contributed by atoms with Crippen molar-refractivity contribution >= 4 is 5.97 Å². The zero-order valence-electron chi connectivity index (χ0n) is 8.95. The molecule has 1 N–H and O–H groups in total. The summed E-state index contributed by atoms with van der Waals surface area (Å²) >= 11 is 0. The predicted octanol–water partition coefficient (Wildman–Crippen LogP) is 0.254. The molecule has 1 rings (SSSR count). The van der Waals surface area contributed by atoms with Crippen LogP contribution in [0.5, 0.6) is 0 Å². The molecule has 0 aromatic rings. The summed E-state index contributed by atoms with van der Waals surface area (Å²) in [6.07, 6.45) is 1.39. The Hall–Kier alpha value is -0.610. The van der Waals surface area contributed by atoms with Gasteiger partial charge in [-0.1, -0.05) is 0 Å². The van der Waals surface area contributed by atoms with Gasteiger partial charge in [-0.05, 0) is 39.9 Å². The topological polar surface area (TPSA) is 49.8 Å². The van der Waals surface area contributed by atoms with Crippen LogP contribution in [-0.4, -0.2) is 49.3 Å². The molecule has 0 saturated carbocycles. The molecule has 1 aliphatic heterocycles. The van der Waals surface area contributed by atoms with E-state index in [0.29, 0.717) is 19.4 Å². The van der Waals surface area contributed by atoms with E-state index in [1.54, 1.807) is 6.92 Å². The molecule has 4 nitrogen and oxygen atoms in total. The van der Waals surface area contributed by atoms with Gasteiger partial charge in [0.15, 0.2) is 0 Å². The zero-order chi connectivity index (χ0) is 10.6. The molecule has 0 amide bonds. The van der Waals surface area contributed by atoms with Gasteiger partial charge in [-0.15, -0.1) is 0 Å². The molecule has 1 saturated heterocycles. The highest BCUT2D eigenvalue weighted by Crippen LogP contribution is 2.31. The molecule has 0 aromatic carbocycles. The highest BCUT2D eigenvalue weighted by Gasteiger charge is 2.41. The fraction of sp³-hybridized carbons (Fsp3) is 0.900. The van der Waals surface area contributed by atoms with Crippen LogP contribution in [-0.2, 0) is 9.53 Å². The van der Waals surface area contributed by atoms with E-state index in [2.05, 4.69) is 4.90 Å². The van der Waals surface area contributed by atoms with Crippen LogP contribution < -0.4 is 0 Å². The Morgan fingerprint density at radius 3 is 2.50 bits per heavy atom. The molecule has 0 bridgehead atoms. The largest absolute Gasteiger partial charge is 0.465 e. The molecule has 1 aliphatic rings. The van der Waals surface area contributed by atoms with Crippen LogP contribution in [0.4, 0.5) is 0 Å². The quantitative estimate of drug-likeness (QED) is 0.665. The molecular weight excluding hydrogens is 182 g/mol. The number of carbonyl (C=O) groups excluding carboxylic acids is 1. The molecule has 14 heavy (non-hydrogen) atoms. The van der Waals surface area contributed by atoms with Crippen molar-refractivity contribution in [2.45, 2.75) is 19.8 Å². The minimum atomic E-state index is -0.636. The van der Waals surface area contributed by atoms with Crippen LogP contribution in [0, 0.1) is 5.41 Å². The van der Waals surface area contributed by atoms with Crippen LogP contribution in [0.15, 0.2) is 0 Å². The molecular formula is C10H19NO3. The number of ether oxygens (including phenoxy) is 1. The Bertz CT molecular complexity index is 198. The molecule has 4 heteroatoms. The lowest BCUT2D eigenvalue weighted by molar-refractivity contribution is -0.161. The van der Waals surface area contributed by atoms with Crippen LogP contribution in [0.3, 0.4) is 0 Å². The molecule has 0 aliphatic carbocycles. The van der Waals surface area contributed by atoms with Gasteiger partial charge in [-0.3, -0.25) is 4.79 Å². The second-order valence-corrected chi connectivity index (χ2v) is 3.96. The Morgan fingerprint density at radius 1 is 1.50 bits per heavy atom. The predicted molar refractivity (Wildman–Crippen MR) is 52.9 cm³/mol. The third-order valence-electron chi connectivity index (χ3n) is 2.96. The zero-order valence-corrected chi connectivity index (χ0v) is 8.95. The Morgan fingerprint density at radius 2 is 2.07 bits per heavy atom. The van der Waals surface area contributed by atoms with E-state index in [0.717, 1.165) is 13.1 Å². The number of hydrogen-bond acceptors (Lipinski definition) is 4. The van der Waals surface area contributed by atoms with Crippen LogP contribution >= 0.6 is 0 Å². The van der Waals surface area contributed by atoms with Gasteiger partial charge in [0.1, 0.15) is 0 Å². The van der Waals surface area contributed by atoms with Crippen molar-refractivity contribution in [2.75, 3.05) is 33.4 Å². The second kappa shape index (κ2) is 4.75. The molecule has 1 heterocycles. The average molecular weight is 201 g/mol. The Labute approximate surface area is 84.8 Å². The first-order valence-electron chi connectivity index (χ1n) is 5.11. The summed E-state index contributed by atoms with van der Waals surface area (Å²) in [5.74, 6) is -0.240. The number of likely N-dealkylation sites (tertiary alicyclic amines) is 1. The van der Waals surface area contributed by atoms with Crippen molar-refractivity contribution in [3.8, 4) is 0 Å². The molecule has 1 fully saturated rings. The van der Waals surface area contributed by atoms with Gasteiger partial charge < -0.3 is 14.7 Å². The van der Waals surface area contributed by atoms with Crippen molar-refractivity contribution in [1.29, 1.82) is 0 Å². The van der Waals surface area contributed by atoms with E-state index in [9.17, 15) is 9.90 Å². The van der Waals surface area contributed by atoms with Crippen LogP contribution in [0.1, 0.15) is 19.8 Å². The van der Waals surface area contributed by atoms with E-state index in [1.807, 2.05) is 7.05 Å². The molecule has 0 radical (unpaired) electrons. The van der Waals surface area contributed by atoms with Crippen molar-refractivity contribution in [1.82, 2.24) is 4.90 Å². The van der Waals surface area contributed by atoms with E-state index in [-0.39, 0.29) is 12.6 Å². The van der Waals surface area contributed by atoms with Gasteiger partial charge in [0.25, 0.3) is 0 Å². The lowest BCUT2D eigenvalue weighted by Crippen LogP contribution is -2.46. The van der Waals surface area contributed by atoms with Crippen molar-refractivity contribution in [3.63, 3.8) is 0 Å². The normalized spacial score (nSPS) is 21.9. The minimum Gasteiger partial charge on any atom is -0.465 e. The number of carbonyl (C=O) groups is 1. The number of rotatable bonds is 3. The molecule has 82 valence electrons. The summed E-state index contributed by atoms with van der Waals surface area (Å²) in [4.78, 5) is 13.8. The van der Waals surface area contributed by atoms with Crippen molar-refractivity contribution in [3.05, 3.63) is 0 Å². The third-order valence-corrected chi connectivity index (χ3v) is 2.96. The Balaban J connectivity index is 2.62. The number of hydrogen-bond donors (Lipinski definition) is 1. The first-order chi connectivity index (χ1) is 6.64. The summed E-state index contributed by atoms with van der Waals surface area (Å²) in [6.45, 7) is 3.77. The van der Waals surface area contributed by atoms with E-state index in [1.165, 1.54) is 0 Å². The first-order valence-corrected chi connectivity index (χ1v) is 5.11. The summed E-state index contributed by atoms with van der Waals surface area (Å²) in [5, 5.41) is 9.31. The summed E-state index contributed by atoms with van der Waals surface area (Å²) in [5.41, 5.74) is -0.636. The van der Waals surface area contributed by atoms with Crippen molar-refractivity contribution in [2.24, 2.45) is 5.41 Å². The van der Waals surface area contributed by atoms with Gasteiger partial charge >= 0.3 is 5.97 Å². The van der Waals surface area contributed by atoms with Crippen molar-refractivity contribution < 1.29 is 14.6 Å². The number of aliphatic hydroxyl groups is 1. The number of aliphatic hydroxyl groups excluding tert-OH is 1. The highest BCUT2D eigenvalue weighted by molar-refractivity contribution is 5.77. The molecule has 0 spiro atoms. The van der Waals surface area contributed by atoms with E-state index >= 15 is 0 Å². The maximum atomic E-state index is 11.7. The highest BCUT2D eigenvalue weighted by atomic mass is 16.5. The van der Waals surface area contributed by atoms with Gasteiger partial charge in [-0.2, -0.15) is 0 Å². The number of piperidine rings is 1. The van der Waals surface area contributed by atoms with Gasteiger partial charge in [0, 0.05) is 0 Å². The SMILES string of the molecule is CCOC(=O)C1(CO)CCN(C)CC1. The monoisotopic (exact) mass is 201 g/mol. The van der Waals surface area contributed by atoms with Gasteiger partial charge in [0.05, 0.1) is 18.6 Å². The fourth-order valence-electron chi connectivity index (χ4n) is 1.76. The van der Waals surface area contributed by atoms with Crippen LogP contribution in [0.2, 0.25) is 0 Å². The number of nitrogens with zero attached hydrogens (tertiary/aromatic N) is 1. The first kappa shape index (κ1) is 11.5. The smallest absolute Gasteiger partial charge is 0.314 e. The Kier molecular flexibility index (Phi) is 3.89. The van der Waals surface area contributed by atoms with Gasteiger partial charge in [-0.25, -0.2) is 0 Å². The molecule has 0 atom stereocenters. The lowest BCUT2D eigenvalue weighted by Gasteiger charge is -2.36. The summed E-state index contributed by atoms with van der Waals surface area (Å²) in [7, 11) is 2.02. The third kappa shape index (κ3) is 2.25. The fourth-order valence-corrected chi connectivity index (χ4v) is 1.76. The van der Waals surface area contributed by atoms with E-state index in [4.69, 9.17) is 4.74 Å². The number of esters is 1. The standard InChI is InChI=1S/C10H19NO3/c1-3-14-9(13)10(8-12)4-6-11(2)7-5-10/h12H,3-8H2,1-2H3. The van der Waals surface area contributed by atoms with Gasteiger partial charge in [0.2, 0.25) is 0 Å². The van der Waals surface area contributed by atoms with E-state index < -0.39 is 5.41 Å². The maximum absolute atomic E-state index is 11.7. The van der Waals surface area contributed by atoms with Crippen LogP contribution in [0.25, 0.3) is 0 Å². The molecule has 0 aromatic heterocycles. The maximum Gasteiger partial charge on any atom is 0.314 e. The molecule has 0 unspecified atom stereocenters. The summed E-state index contributed by atoms with van der Waals surface area (Å²) < 4.78 is 4.99.